The molecule has 1 aliphatic heterocycles. The van der Waals surface area contributed by atoms with Crippen molar-refractivity contribution in [1.82, 2.24) is 5.32 Å². The summed E-state index contributed by atoms with van der Waals surface area (Å²) in [6, 6.07) is 5.02. The molecule has 1 aliphatic carbocycles. The van der Waals surface area contributed by atoms with Gasteiger partial charge in [0.15, 0.2) is 0 Å². The summed E-state index contributed by atoms with van der Waals surface area (Å²) in [5.74, 6) is -0.517. The normalized spacial score (nSPS) is 20.3. The van der Waals surface area contributed by atoms with Crippen LogP contribution < -0.4 is 10.1 Å². The van der Waals surface area contributed by atoms with Gasteiger partial charge in [0.25, 0.3) is 11.1 Å². The summed E-state index contributed by atoms with van der Waals surface area (Å²) in [7, 11) is 0. The number of hydrogen-bond acceptors (Lipinski definition) is 5. The number of hydrogen-bond donors (Lipinski definition) is 1. The molecular formula is C17H16ClNO4S. The third-order valence-electron chi connectivity index (χ3n) is 4.07. The second-order valence-electron chi connectivity index (χ2n) is 5.77. The summed E-state index contributed by atoms with van der Waals surface area (Å²) >= 11 is 7.12. The van der Waals surface area contributed by atoms with E-state index in [0.717, 1.165) is 43.9 Å². The standard InChI is InChI=1S/C17H16ClNO4S/c18-14-11(9-13-15(20)19-17(22)24-13)7-4-8-12(14)23-16(21)10-5-2-1-3-6-10/h4,7-10H,1-3,5-6H2,(H,19,20,22)/b13-9-. The highest BCUT2D eigenvalue weighted by molar-refractivity contribution is 8.18. The fraction of sp³-hybridized carbons (Fsp3) is 0.353. The fourth-order valence-corrected chi connectivity index (χ4v) is 3.70. The first kappa shape index (κ1) is 17.0. The first-order valence-electron chi connectivity index (χ1n) is 7.79. The van der Waals surface area contributed by atoms with Gasteiger partial charge in [-0.15, -0.1) is 0 Å². The summed E-state index contributed by atoms with van der Waals surface area (Å²) in [5, 5.41) is 2.02. The molecule has 1 aromatic rings. The number of imide groups is 1. The van der Waals surface area contributed by atoms with Crippen LogP contribution in [0.2, 0.25) is 5.02 Å². The molecule has 0 radical (unpaired) electrons. The van der Waals surface area contributed by atoms with E-state index in [1.807, 2.05) is 0 Å². The number of carbonyl (C=O) groups is 3. The highest BCUT2D eigenvalue weighted by atomic mass is 35.5. The lowest BCUT2D eigenvalue weighted by atomic mass is 9.89. The lowest BCUT2D eigenvalue weighted by Crippen LogP contribution is -2.22. The van der Waals surface area contributed by atoms with Gasteiger partial charge in [-0.05, 0) is 42.3 Å². The molecule has 7 heteroatoms. The van der Waals surface area contributed by atoms with Crippen molar-refractivity contribution in [3.8, 4) is 5.75 Å². The van der Waals surface area contributed by atoms with E-state index in [4.69, 9.17) is 16.3 Å². The van der Waals surface area contributed by atoms with Crippen molar-refractivity contribution in [3.05, 3.63) is 33.7 Å². The molecule has 1 saturated carbocycles. The molecule has 0 bridgehead atoms. The maximum Gasteiger partial charge on any atom is 0.314 e. The van der Waals surface area contributed by atoms with Crippen LogP contribution in [0.25, 0.3) is 6.08 Å². The largest absolute Gasteiger partial charge is 0.425 e. The molecule has 0 spiro atoms. The van der Waals surface area contributed by atoms with Crippen molar-refractivity contribution in [1.29, 1.82) is 0 Å². The Morgan fingerprint density at radius 3 is 2.67 bits per heavy atom. The number of carbonyl (C=O) groups excluding carboxylic acids is 3. The summed E-state index contributed by atoms with van der Waals surface area (Å²) in [6.07, 6.45) is 6.45. The van der Waals surface area contributed by atoms with Gasteiger partial charge >= 0.3 is 5.97 Å². The van der Waals surface area contributed by atoms with E-state index in [2.05, 4.69) is 5.32 Å². The van der Waals surface area contributed by atoms with Crippen molar-refractivity contribution in [2.45, 2.75) is 32.1 Å². The Labute approximate surface area is 148 Å². The molecule has 2 amide bonds. The molecule has 5 nitrogen and oxygen atoms in total. The molecule has 1 heterocycles. The Kier molecular flexibility index (Phi) is 5.26. The van der Waals surface area contributed by atoms with E-state index in [1.54, 1.807) is 18.2 Å². The lowest BCUT2D eigenvalue weighted by molar-refractivity contribution is -0.140. The van der Waals surface area contributed by atoms with Gasteiger partial charge in [0.05, 0.1) is 15.8 Å². The van der Waals surface area contributed by atoms with Crippen LogP contribution in [0.1, 0.15) is 37.7 Å². The van der Waals surface area contributed by atoms with Crippen molar-refractivity contribution in [2.75, 3.05) is 0 Å². The molecule has 3 rings (SSSR count). The van der Waals surface area contributed by atoms with Crippen LogP contribution in [0, 0.1) is 5.92 Å². The van der Waals surface area contributed by atoms with Gasteiger partial charge in [0.1, 0.15) is 5.75 Å². The molecule has 1 aromatic carbocycles. The molecular weight excluding hydrogens is 350 g/mol. The SMILES string of the molecule is O=C1NC(=O)/C(=C/c2cccc(OC(=O)C3CCCCC3)c2Cl)S1. The van der Waals surface area contributed by atoms with E-state index >= 15 is 0 Å². The second kappa shape index (κ2) is 7.40. The number of ether oxygens (including phenoxy) is 1. The Balaban J connectivity index is 1.78. The average molecular weight is 366 g/mol. The highest BCUT2D eigenvalue weighted by Crippen LogP contribution is 2.34. The number of benzene rings is 1. The molecule has 0 aromatic heterocycles. The quantitative estimate of drug-likeness (QED) is 0.495. The number of nitrogens with one attached hydrogen (secondary N) is 1. The molecule has 2 aliphatic rings. The molecule has 126 valence electrons. The zero-order chi connectivity index (χ0) is 17.1. The summed E-state index contributed by atoms with van der Waals surface area (Å²) in [6.45, 7) is 0. The van der Waals surface area contributed by atoms with Gasteiger partial charge in [-0.3, -0.25) is 19.7 Å². The topological polar surface area (TPSA) is 72.5 Å². The van der Waals surface area contributed by atoms with Crippen molar-refractivity contribution in [2.24, 2.45) is 5.92 Å². The summed E-state index contributed by atoms with van der Waals surface area (Å²) in [5.41, 5.74) is 0.526. The molecule has 0 atom stereocenters. The molecule has 2 fully saturated rings. The van der Waals surface area contributed by atoms with Gasteiger partial charge in [-0.25, -0.2) is 0 Å². The van der Waals surface area contributed by atoms with Gasteiger partial charge < -0.3 is 4.74 Å². The smallest absolute Gasteiger partial charge is 0.314 e. The minimum absolute atomic E-state index is 0.0781. The predicted molar refractivity (Wildman–Crippen MR) is 92.8 cm³/mol. The van der Waals surface area contributed by atoms with Gasteiger partial charge in [-0.2, -0.15) is 0 Å². The molecule has 24 heavy (non-hydrogen) atoms. The molecule has 0 unspecified atom stereocenters. The Morgan fingerprint density at radius 1 is 1.25 bits per heavy atom. The monoisotopic (exact) mass is 365 g/mol. The van der Waals surface area contributed by atoms with Crippen LogP contribution >= 0.6 is 23.4 Å². The van der Waals surface area contributed by atoms with Crippen molar-refractivity contribution < 1.29 is 19.1 Å². The second-order valence-corrected chi connectivity index (χ2v) is 7.16. The first-order valence-corrected chi connectivity index (χ1v) is 8.99. The molecule has 1 N–H and O–H groups in total. The van der Waals surface area contributed by atoms with Crippen LogP contribution in [0.15, 0.2) is 23.1 Å². The van der Waals surface area contributed by atoms with Crippen LogP contribution in [-0.4, -0.2) is 17.1 Å². The maximum absolute atomic E-state index is 12.3. The maximum atomic E-state index is 12.3. The van der Waals surface area contributed by atoms with E-state index in [-0.39, 0.29) is 27.6 Å². The number of halogens is 1. The lowest BCUT2D eigenvalue weighted by Gasteiger charge is -2.20. The highest BCUT2D eigenvalue weighted by Gasteiger charge is 2.26. The molecule has 1 saturated heterocycles. The third kappa shape index (κ3) is 3.82. The summed E-state index contributed by atoms with van der Waals surface area (Å²) in [4.78, 5) is 35.4. The van der Waals surface area contributed by atoms with E-state index in [0.29, 0.717) is 5.56 Å². The fourth-order valence-electron chi connectivity index (χ4n) is 2.81. The van der Waals surface area contributed by atoms with Crippen molar-refractivity contribution in [3.63, 3.8) is 0 Å². The van der Waals surface area contributed by atoms with Crippen LogP contribution in [0.4, 0.5) is 4.79 Å². The number of rotatable bonds is 3. The Hall–Kier alpha value is -1.79. The third-order valence-corrected chi connectivity index (χ3v) is 5.29. The average Bonchev–Trinajstić information content (AvgIpc) is 2.89. The Bertz CT molecular complexity index is 725. The van der Waals surface area contributed by atoms with E-state index in [1.165, 1.54) is 6.08 Å². The minimum atomic E-state index is -0.453. The zero-order valence-corrected chi connectivity index (χ0v) is 14.4. The predicted octanol–water partition coefficient (Wildman–Crippen LogP) is 4.15. The number of thioether (sulfide) groups is 1. The van der Waals surface area contributed by atoms with Gasteiger partial charge in [0.2, 0.25) is 0 Å². The van der Waals surface area contributed by atoms with Crippen LogP contribution in [0.3, 0.4) is 0 Å². The van der Waals surface area contributed by atoms with Gasteiger partial charge in [0, 0.05) is 0 Å². The number of amides is 2. The van der Waals surface area contributed by atoms with Gasteiger partial charge in [-0.1, -0.05) is 43.0 Å². The van der Waals surface area contributed by atoms with Crippen LogP contribution in [0.5, 0.6) is 5.75 Å². The Morgan fingerprint density at radius 2 is 2.00 bits per heavy atom. The van der Waals surface area contributed by atoms with E-state index < -0.39 is 11.1 Å². The minimum Gasteiger partial charge on any atom is -0.425 e. The van der Waals surface area contributed by atoms with Crippen LogP contribution in [-0.2, 0) is 9.59 Å². The number of esters is 1. The van der Waals surface area contributed by atoms with E-state index in [9.17, 15) is 14.4 Å². The summed E-state index contributed by atoms with van der Waals surface area (Å²) < 4.78 is 5.46. The first-order chi connectivity index (χ1) is 11.5. The van der Waals surface area contributed by atoms with Crippen molar-refractivity contribution >= 4 is 46.6 Å². The zero-order valence-electron chi connectivity index (χ0n) is 12.8.